The predicted molar refractivity (Wildman–Crippen MR) is 68.2 cm³/mol. The van der Waals surface area contributed by atoms with Crippen LogP contribution < -0.4 is 0 Å². The third-order valence-electron chi connectivity index (χ3n) is 2.77. The SMILES string of the molecule is CCc1ccc(Cc2ncnc(Cl)c2C)nc1. The van der Waals surface area contributed by atoms with Gasteiger partial charge in [-0.05, 0) is 25.0 Å². The molecule has 0 atom stereocenters. The molecular formula is C13H14ClN3. The highest BCUT2D eigenvalue weighted by atomic mass is 35.5. The summed E-state index contributed by atoms with van der Waals surface area (Å²) < 4.78 is 0. The molecule has 3 nitrogen and oxygen atoms in total. The van der Waals surface area contributed by atoms with Crippen molar-refractivity contribution in [3.05, 3.63) is 52.3 Å². The van der Waals surface area contributed by atoms with Crippen LogP contribution in [0.4, 0.5) is 0 Å². The molecule has 0 aromatic carbocycles. The number of aryl methyl sites for hydroxylation is 1. The fraction of sp³-hybridized carbons (Fsp3) is 0.308. The Labute approximate surface area is 106 Å². The molecule has 2 rings (SSSR count). The minimum absolute atomic E-state index is 0.514. The lowest BCUT2D eigenvalue weighted by molar-refractivity contribution is 0.953. The summed E-state index contributed by atoms with van der Waals surface area (Å²) in [6, 6.07) is 4.13. The van der Waals surface area contributed by atoms with Gasteiger partial charge in [-0.25, -0.2) is 9.97 Å². The van der Waals surface area contributed by atoms with E-state index in [0.29, 0.717) is 11.6 Å². The Balaban J connectivity index is 2.22. The third-order valence-corrected chi connectivity index (χ3v) is 3.15. The van der Waals surface area contributed by atoms with Gasteiger partial charge in [-0.3, -0.25) is 4.98 Å². The molecule has 4 heteroatoms. The Morgan fingerprint density at radius 3 is 2.65 bits per heavy atom. The summed E-state index contributed by atoms with van der Waals surface area (Å²) >= 11 is 5.96. The van der Waals surface area contributed by atoms with E-state index in [1.165, 1.54) is 11.9 Å². The summed E-state index contributed by atoms with van der Waals surface area (Å²) in [7, 11) is 0. The quantitative estimate of drug-likeness (QED) is 0.783. The van der Waals surface area contributed by atoms with Gasteiger partial charge in [0.1, 0.15) is 11.5 Å². The van der Waals surface area contributed by atoms with Crippen LogP contribution in [0.1, 0.15) is 29.4 Å². The van der Waals surface area contributed by atoms with Crippen molar-refractivity contribution in [2.24, 2.45) is 0 Å². The maximum Gasteiger partial charge on any atom is 0.135 e. The summed E-state index contributed by atoms with van der Waals surface area (Å²) in [5, 5.41) is 0.514. The molecule has 0 saturated carbocycles. The number of hydrogen-bond acceptors (Lipinski definition) is 3. The second-order valence-electron chi connectivity index (χ2n) is 3.92. The van der Waals surface area contributed by atoms with Crippen molar-refractivity contribution < 1.29 is 0 Å². The van der Waals surface area contributed by atoms with Gasteiger partial charge in [-0.2, -0.15) is 0 Å². The second-order valence-corrected chi connectivity index (χ2v) is 4.28. The van der Waals surface area contributed by atoms with Gasteiger partial charge < -0.3 is 0 Å². The first-order valence-electron chi connectivity index (χ1n) is 5.60. The highest BCUT2D eigenvalue weighted by Crippen LogP contribution is 2.16. The largest absolute Gasteiger partial charge is 0.261 e. The van der Waals surface area contributed by atoms with E-state index in [1.807, 2.05) is 19.2 Å². The zero-order chi connectivity index (χ0) is 12.3. The highest BCUT2D eigenvalue weighted by Gasteiger charge is 2.06. The molecule has 0 radical (unpaired) electrons. The van der Waals surface area contributed by atoms with Crippen LogP contribution in [-0.2, 0) is 12.8 Å². The van der Waals surface area contributed by atoms with Gasteiger partial charge in [0.2, 0.25) is 0 Å². The van der Waals surface area contributed by atoms with Crippen LogP contribution in [0.2, 0.25) is 5.15 Å². The lowest BCUT2D eigenvalue weighted by Gasteiger charge is -2.05. The number of hydrogen-bond donors (Lipinski definition) is 0. The van der Waals surface area contributed by atoms with Crippen molar-refractivity contribution in [3.8, 4) is 0 Å². The number of pyridine rings is 1. The molecule has 2 heterocycles. The van der Waals surface area contributed by atoms with Gasteiger partial charge in [-0.15, -0.1) is 0 Å². The van der Waals surface area contributed by atoms with Crippen LogP contribution in [0.25, 0.3) is 0 Å². The van der Waals surface area contributed by atoms with E-state index < -0.39 is 0 Å². The number of aromatic nitrogens is 3. The van der Waals surface area contributed by atoms with E-state index >= 15 is 0 Å². The van der Waals surface area contributed by atoms with Gasteiger partial charge in [0.15, 0.2) is 0 Å². The maximum absolute atomic E-state index is 5.96. The highest BCUT2D eigenvalue weighted by molar-refractivity contribution is 6.30. The Morgan fingerprint density at radius 1 is 1.18 bits per heavy atom. The minimum atomic E-state index is 0.514. The van der Waals surface area contributed by atoms with Gasteiger partial charge in [-0.1, -0.05) is 24.6 Å². The second kappa shape index (κ2) is 5.23. The zero-order valence-corrected chi connectivity index (χ0v) is 10.7. The molecule has 0 fully saturated rings. The molecule has 0 aliphatic rings. The summed E-state index contributed by atoms with van der Waals surface area (Å²) in [5.74, 6) is 0. The Kier molecular flexibility index (Phi) is 3.69. The fourth-order valence-corrected chi connectivity index (χ4v) is 1.73. The first-order chi connectivity index (χ1) is 8.20. The smallest absolute Gasteiger partial charge is 0.135 e. The molecule has 2 aromatic rings. The average molecular weight is 248 g/mol. The van der Waals surface area contributed by atoms with Crippen molar-refractivity contribution in [2.75, 3.05) is 0 Å². The normalized spacial score (nSPS) is 10.5. The van der Waals surface area contributed by atoms with Crippen molar-refractivity contribution in [2.45, 2.75) is 26.7 Å². The fourth-order valence-electron chi connectivity index (χ4n) is 1.58. The maximum atomic E-state index is 5.96. The summed E-state index contributed by atoms with van der Waals surface area (Å²) in [6.07, 6.45) is 5.10. The van der Waals surface area contributed by atoms with E-state index in [9.17, 15) is 0 Å². The van der Waals surface area contributed by atoms with Crippen LogP contribution in [0.5, 0.6) is 0 Å². The lowest BCUT2D eigenvalue weighted by atomic mass is 10.1. The molecule has 0 bridgehead atoms. The predicted octanol–water partition coefficient (Wildman–Crippen LogP) is 2.99. The number of rotatable bonds is 3. The van der Waals surface area contributed by atoms with Gasteiger partial charge in [0, 0.05) is 23.9 Å². The van der Waals surface area contributed by atoms with Crippen LogP contribution in [0.3, 0.4) is 0 Å². The van der Waals surface area contributed by atoms with Crippen LogP contribution in [0.15, 0.2) is 24.7 Å². The lowest BCUT2D eigenvalue weighted by Crippen LogP contribution is -2.00. The average Bonchev–Trinajstić information content (AvgIpc) is 2.36. The molecule has 0 saturated heterocycles. The van der Waals surface area contributed by atoms with E-state index in [2.05, 4.69) is 27.9 Å². The van der Waals surface area contributed by atoms with Gasteiger partial charge in [0.05, 0.1) is 5.69 Å². The van der Waals surface area contributed by atoms with Crippen molar-refractivity contribution >= 4 is 11.6 Å². The van der Waals surface area contributed by atoms with Crippen molar-refractivity contribution in [1.29, 1.82) is 0 Å². The standard InChI is InChI=1S/C13H14ClN3/c1-3-10-4-5-11(15-7-10)6-12-9(2)13(14)17-8-16-12/h4-5,7-8H,3,6H2,1-2H3. The van der Waals surface area contributed by atoms with E-state index in [-0.39, 0.29) is 0 Å². The zero-order valence-electron chi connectivity index (χ0n) is 9.94. The summed E-state index contributed by atoms with van der Waals surface area (Å²) in [4.78, 5) is 12.6. The Hall–Kier alpha value is -1.48. The van der Waals surface area contributed by atoms with Crippen LogP contribution in [0, 0.1) is 6.92 Å². The number of nitrogens with zero attached hydrogens (tertiary/aromatic N) is 3. The van der Waals surface area contributed by atoms with E-state index in [1.54, 1.807) is 0 Å². The first-order valence-corrected chi connectivity index (χ1v) is 5.98. The van der Waals surface area contributed by atoms with E-state index in [0.717, 1.165) is 23.4 Å². The molecule has 0 aliphatic carbocycles. The van der Waals surface area contributed by atoms with Crippen molar-refractivity contribution in [3.63, 3.8) is 0 Å². The van der Waals surface area contributed by atoms with Gasteiger partial charge in [0.25, 0.3) is 0 Å². The Morgan fingerprint density at radius 2 is 2.00 bits per heavy atom. The van der Waals surface area contributed by atoms with E-state index in [4.69, 9.17) is 11.6 Å². The summed E-state index contributed by atoms with van der Waals surface area (Å²) in [5.41, 5.74) is 4.10. The van der Waals surface area contributed by atoms with Crippen molar-refractivity contribution in [1.82, 2.24) is 15.0 Å². The molecule has 88 valence electrons. The van der Waals surface area contributed by atoms with Gasteiger partial charge >= 0.3 is 0 Å². The first kappa shape index (κ1) is 12.0. The van der Waals surface area contributed by atoms with Crippen LogP contribution in [-0.4, -0.2) is 15.0 Å². The molecule has 17 heavy (non-hydrogen) atoms. The molecule has 0 aliphatic heterocycles. The molecule has 0 amide bonds. The molecule has 0 unspecified atom stereocenters. The van der Waals surface area contributed by atoms with Crippen LogP contribution >= 0.6 is 11.6 Å². The summed E-state index contributed by atoms with van der Waals surface area (Å²) in [6.45, 7) is 4.04. The molecule has 0 N–H and O–H groups in total. The Bertz CT molecular complexity index is 509. The molecular weight excluding hydrogens is 234 g/mol. The number of halogens is 1. The molecule has 0 spiro atoms. The monoisotopic (exact) mass is 247 g/mol. The third kappa shape index (κ3) is 2.80. The minimum Gasteiger partial charge on any atom is -0.261 e. The molecule has 2 aromatic heterocycles. The topological polar surface area (TPSA) is 38.7 Å².